The van der Waals surface area contributed by atoms with Crippen LogP contribution in [-0.4, -0.2) is 35.2 Å². The second kappa shape index (κ2) is 7.28. The van der Waals surface area contributed by atoms with Crippen molar-refractivity contribution in [1.29, 1.82) is 0 Å². The fraction of sp³-hybridized carbons (Fsp3) is 0.158. The van der Waals surface area contributed by atoms with Gasteiger partial charge in [-0.1, -0.05) is 30.3 Å². The molecule has 0 fully saturated rings. The van der Waals surface area contributed by atoms with Gasteiger partial charge in [0.2, 0.25) is 5.89 Å². The smallest absolute Gasteiger partial charge is 0.326 e. The van der Waals surface area contributed by atoms with Crippen LogP contribution in [-0.2, 0) is 20.9 Å². The minimum atomic E-state index is -0.584. The van der Waals surface area contributed by atoms with Crippen LogP contribution in [0.4, 0.5) is 5.69 Å². The molecule has 0 spiro atoms. The third-order valence-electron chi connectivity index (χ3n) is 3.94. The highest BCUT2D eigenvalue weighted by Crippen LogP contribution is 2.31. The van der Waals surface area contributed by atoms with Gasteiger partial charge in [-0.15, -0.1) is 10.2 Å². The lowest BCUT2D eigenvalue weighted by Crippen LogP contribution is -2.42. The number of aromatic nitrogens is 2. The van der Waals surface area contributed by atoms with Crippen molar-refractivity contribution in [3.63, 3.8) is 0 Å². The normalized spacial score (nSPS) is 13.0. The lowest BCUT2D eigenvalue weighted by Gasteiger charge is -2.28. The third-order valence-corrected chi connectivity index (χ3v) is 3.94. The first kappa shape index (κ1) is 16.8. The van der Waals surface area contributed by atoms with Gasteiger partial charge >= 0.3 is 5.97 Å². The number of nitrogens with zero attached hydrogens (tertiary/aromatic N) is 3. The monoisotopic (exact) mass is 365 g/mol. The van der Waals surface area contributed by atoms with Crippen LogP contribution in [0.2, 0.25) is 0 Å². The Morgan fingerprint density at radius 3 is 2.70 bits per heavy atom. The van der Waals surface area contributed by atoms with Crippen LogP contribution < -0.4 is 9.64 Å². The molecular weight excluding hydrogens is 350 g/mol. The zero-order valence-electron chi connectivity index (χ0n) is 14.2. The van der Waals surface area contributed by atoms with Crippen molar-refractivity contribution >= 4 is 17.6 Å². The molecule has 1 aliphatic rings. The highest BCUT2D eigenvalue weighted by atomic mass is 16.5. The van der Waals surface area contributed by atoms with Gasteiger partial charge in [0.25, 0.3) is 11.8 Å². The lowest BCUT2D eigenvalue weighted by atomic mass is 10.2. The predicted molar refractivity (Wildman–Crippen MR) is 93.8 cm³/mol. The van der Waals surface area contributed by atoms with Crippen LogP contribution in [0.25, 0.3) is 11.5 Å². The summed E-state index contributed by atoms with van der Waals surface area (Å²) in [5, 5.41) is 7.80. The molecule has 8 heteroatoms. The Balaban J connectivity index is 1.38. The summed E-state index contributed by atoms with van der Waals surface area (Å²) in [6.07, 6.45) is 0. The number of para-hydroxylation sites is 2. The fourth-order valence-corrected chi connectivity index (χ4v) is 2.65. The molecule has 1 aromatic heterocycles. The summed E-state index contributed by atoms with van der Waals surface area (Å²) in [6, 6.07) is 16.3. The molecule has 0 unspecified atom stereocenters. The third kappa shape index (κ3) is 3.64. The van der Waals surface area contributed by atoms with Crippen molar-refractivity contribution in [2.45, 2.75) is 6.61 Å². The van der Waals surface area contributed by atoms with Gasteiger partial charge in [-0.3, -0.25) is 14.5 Å². The molecule has 4 rings (SSSR count). The molecule has 0 N–H and O–H groups in total. The summed E-state index contributed by atoms with van der Waals surface area (Å²) in [5.74, 6) is 0.179. The number of anilines is 1. The largest absolute Gasteiger partial charge is 0.482 e. The quantitative estimate of drug-likeness (QED) is 0.640. The molecular formula is C19H15N3O5. The van der Waals surface area contributed by atoms with E-state index in [0.29, 0.717) is 17.3 Å². The molecule has 2 aromatic carbocycles. The van der Waals surface area contributed by atoms with Gasteiger partial charge in [0.1, 0.15) is 12.3 Å². The van der Waals surface area contributed by atoms with E-state index in [4.69, 9.17) is 13.9 Å². The highest BCUT2D eigenvalue weighted by molar-refractivity contribution is 6.01. The van der Waals surface area contributed by atoms with E-state index in [9.17, 15) is 9.59 Å². The molecule has 0 atom stereocenters. The number of benzene rings is 2. The van der Waals surface area contributed by atoms with E-state index in [2.05, 4.69) is 10.2 Å². The SMILES string of the molecule is O=C(CN1C(=O)COc2ccccc21)OCc1nnc(-c2ccccc2)o1. The van der Waals surface area contributed by atoms with E-state index in [1.165, 1.54) is 4.90 Å². The Hall–Kier alpha value is -3.68. The van der Waals surface area contributed by atoms with E-state index in [1.807, 2.05) is 30.3 Å². The van der Waals surface area contributed by atoms with Gasteiger partial charge in [-0.2, -0.15) is 0 Å². The van der Waals surface area contributed by atoms with Gasteiger partial charge < -0.3 is 13.9 Å². The number of ether oxygens (including phenoxy) is 2. The first-order valence-electron chi connectivity index (χ1n) is 8.26. The van der Waals surface area contributed by atoms with Crippen molar-refractivity contribution in [3.8, 4) is 17.2 Å². The van der Waals surface area contributed by atoms with Crippen LogP contribution >= 0.6 is 0 Å². The molecule has 2 heterocycles. The number of hydrogen-bond acceptors (Lipinski definition) is 7. The Morgan fingerprint density at radius 2 is 1.85 bits per heavy atom. The molecule has 0 saturated heterocycles. The summed E-state index contributed by atoms with van der Waals surface area (Å²) in [6.45, 7) is -0.508. The number of rotatable bonds is 5. The summed E-state index contributed by atoms with van der Waals surface area (Å²) in [4.78, 5) is 25.6. The van der Waals surface area contributed by atoms with Crippen molar-refractivity contribution in [1.82, 2.24) is 10.2 Å². The fourth-order valence-electron chi connectivity index (χ4n) is 2.65. The van der Waals surface area contributed by atoms with E-state index >= 15 is 0 Å². The first-order chi connectivity index (χ1) is 13.2. The number of esters is 1. The Labute approximate surface area is 154 Å². The second-order valence-electron chi connectivity index (χ2n) is 5.76. The maximum absolute atomic E-state index is 12.2. The Bertz CT molecular complexity index is 970. The van der Waals surface area contributed by atoms with Gasteiger partial charge in [0.05, 0.1) is 5.69 Å². The summed E-state index contributed by atoms with van der Waals surface area (Å²) < 4.78 is 16.0. The van der Waals surface area contributed by atoms with E-state index < -0.39 is 5.97 Å². The summed E-state index contributed by atoms with van der Waals surface area (Å²) in [7, 11) is 0. The van der Waals surface area contributed by atoms with E-state index in [-0.39, 0.29) is 31.6 Å². The van der Waals surface area contributed by atoms with Crippen LogP contribution in [0.3, 0.4) is 0 Å². The number of hydrogen-bond donors (Lipinski definition) is 0. The van der Waals surface area contributed by atoms with Gasteiger partial charge in [-0.05, 0) is 24.3 Å². The number of carbonyl (C=O) groups is 2. The van der Waals surface area contributed by atoms with Crippen LogP contribution in [0.15, 0.2) is 59.0 Å². The van der Waals surface area contributed by atoms with Crippen molar-refractivity contribution in [2.24, 2.45) is 0 Å². The Morgan fingerprint density at radius 1 is 1.07 bits per heavy atom. The number of amides is 1. The van der Waals surface area contributed by atoms with E-state index in [1.54, 1.807) is 24.3 Å². The molecule has 136 valence electrons. The van der Waals surface area contributed by atoms with Gasteiger partial charge in [-0.25, -0.2) is 0 Å². The average Bonchev–Trinajstić information content (AvgIpc) is 3.18. The second-order valence-corrected chi connectivity index (χ2v) is 5.76. The predicted octanol–water partition coefficient (Wildman–Crippen LogP) is 2.21. The number of fused-ring (bicyclic) bond motifs is 1. The van der Waals surface area contributed by atoms with Crippen LogP contribution in [0, 0.1) is 0 Å². The molecule has 0 radical (unpaired) electrons. The summed E-state index contributed by atoms with van der Waals surface area (Å²) in [5.41, 5.74) is 1.31. The van der Waals surface area contributed by atoms with E-state index in [0.717, 1.165) is 5.56 Å². The van der Waals surface area contributed by atoms with Gasteiger partial charge in [0, 0.05) is 5.56 Å². The summed E-state index contributed by atoms with van der Waals surface area (Å²) >= 11 is 0. The first-order valence-corrected chi connectivity index (χ1v) is 8.26. The molecule has 1 amide bonds. The van der Waals surface area contributed by atoms with Crippen molar-refractivity contribution in [2.75, 3.05) is 18.1 Å². The van der Waals surface area contributed by atoms with Crippen LogP contribution in [0.5, 0.6) is 5.75 Å². The maximum Gasteiger partial charge on any atom is 0.326 e. The highest BCUT2D eigenvalue weighted by Gasteiger charge is 2.27. The molecule has 0 aliphatic carbocycles. The van der Waals surface area contributed by atoms with Gasteiger partial charge in [0.15, 0.2) is 13.2 Å². The zero-order chi connectivity index (χ0) is 18.6. The molecule has 1 aliphatic heterocycles. The molecule has 8 nitrogen and oxygen atoms in total. The molecule has 0 saturated carbocycles. The topological polar surface area (TPSA) is 94.8 Å². The molecule has 3 aromatic rings. The minimum Gasteiger partial charge on any atom is -0.482 e. The molecule has 0 bridgehead atoms. The van der Waals surface area contributed by atoms with Crippen molar-refractivity contribution < 1.29 is 23.5 Å². The minimum absolute atomic E-state index is 0.117. The average molecular weight is 365 g/mol. The standard InChI is InChI=1S/C19H15N3O5/c23-17-12-25-15-9-5-4-8-14(15)22(17)10-18(24)26-11-16-20-21-19(27-16)13-6-2-1-3-7-13/h1-9H,10-12H2. The Kier molecular flexibility index (Phi) is 4.52. The van der Waals surface area contributed by atoms with Crippen molar-refractivity contribution in [3.05, 3.63) is 60.5 Å². The zero-order valence-corrected chi connectivity index (χ0v) is 14.2. The lowest BCUT2D eigenvalue weighted by molar-refractivity contribution is -0.145. The van der Waals surface area contributed by atoms with Crippen LogP contribution in [0.1, 0.15) is 5.89 Å². The number of carbonyl (C=O) groups excluding carboxylic acids is 2. The maximum atomic E-state index is 12.2. The molecule has 27 heavy (non-hydrogen) atoms.